The Kier molecular flexibility index (Phi) is 6.97. The van der Waals surface area contributed by atoms with Gasteiger partial charge in [0, 0.05) is 18.9 Å². The number of rotatable bonds is 6. The number of aryl methyl sites for hydroxylation is 2. The largest absolute Gasteiger partial charge is 0.441 e. The molecule has 5 nitrogen and oxygen atoms in total. The Labute approximate surface area is 228 Å². The van der Waals surface area contributed by atoms with E-state index in [0.29, 0.717) is 35.5 Å². The van der Waals surface area contributed by atoms with Gasteiger partial charge in [0.25, 0.3) is 0 Å². The molecule has 5 heteroatoms. The minimum absolute atomic E-state index is 0.117. The zero-order valence-electron chi connectivity index (χ0n) is 24.2. The molecule has 4 aliphatic carbocycles. The van der Waals surface area contributed by atoms with Gasteiger partial charge in [-0.3, -0.25) is 0 Å². The fourth-order valence-electron chi connectivity index (χ4n) is 10.7. The van der Waals surface area contributed by atoms with Crippen molar-refractivity contribution in [3.8, 4) is 0 Å². The number of aromatic nitrogens is 1. The van der Waals surface area contributed by atoms with E-state index in [-0.39, 0.29) is 29.1 Å². The Morgan fingerprint density at radius 1 is 1.13 bits per heavy atom. The fraction of sp³-hybridized carbons (Fsp3) is 0.788. The van der Waals surface area contributed by atoms with Crippen LogP contribution >= 0.6 is 0 Å². The van der Waals surface area contributed by atoms with E-state index in [1.54, 1.807) is 0 Å². The van der Waals surface area contributed by atoms with Crippen LogP contribution in [0.15, 0.2) is 22.6 Å². The highest BCUT2D eigenvalue weighted by molar-refractivity contribution is 5.73. The van der Waals surface area contributed by atoms with E-state index in [0.717, 1.165) is 68.4 Å². The summed E-state index contributed by atoms with van der Waals surface area (Å²) in [6.07, 6.45) is 10.0. The lowest BCUT2D eigenvalue weighted by molar-refractivity contribution is -0.218. The second kappa shape index (κ2) is 9.89. The molecular formula is C33H49NO4. The molecule has 6 rings (SSSR count). The van der Waals surface area contributed by atoms with Crippen LogP contribution < -0.4 is 0 Å². The molecule has 1 unspecified atom stereocenters. The normalized spacial score (nSPS) is 43.4. The standard InChI is InChI=1S/C33H49NO4/c1-6-33-23(20(3)8-12-30-34-26-11-7-19(2)15-28(26)38-30)9-10-24(33)31-25(18-29(33)37-5)32(4)14-13-22(35)16-21(32)17-27(31)36/h7,11,15,20-25,27,29,31,35-36H,6,8-10,12-14,16-18H2,1-5H3/t20?,21-,22+,23+,24-,25-,27+,29-,31-,32-,33+/m0/s1. The van der Waals surface area contributed by atoms with Crippen LogP contribution in [-0.2, 0) is 11.2 Å². The first kappa shape index (κ1) is 26.8. The summed E-state index contributed by atoms with van der Waals surface area (Å²) in [6, 6.07) is 6.24. The molecule has 1 aromatic heterocycles. The number of hydrogen-bond acceptors (Lipinski definition) is 5. The van der Waals surface area contributed by atoms with Crippen molar-refractivity contribution in [2.24, 2.45) is 46.3 Å². The lowest BCUT2D eigenvalue weighted by Crippen LogP contribution is -2.63. The molecule has 210 valence electrons. The van der Waals surface area contributed by atoms with Gasteiger partial charge in [-0.2, -0.15) is 0 Å². The Bertz CT molecular complexity index is 1150. The van der Waals surface area contributed by atoms with Crippen LogP contribution in [0.1, 0.15) is 90.0 Å². The van der Waals surface area contributed by atoms with Crippen LogP contribution in [0.25, 0.3) is 11.1 Å². The predicted octanol–water partition coefficient (Wildman–Crippen LogP) is 6.71. The highest BCUT2D eigenvalue weighted by Gasteiger charge is 2.67. The van der Waals surface area contributed by atoms with Crippen molar-refractivity contribution in [1.82, 2.24) is 4.98 Å². The first-order valence-electron chi connectivity index (χ1n) is 15.5. The molecule has 0 radical (unpaired) electrons. The number of nitrogens with zero attached hydrogens (tertiary/aromatic N) is 1. The third-order valence-corrected chi connectivity index (χ3v) is 12.5. The second-order valence-electron chi connectivity index (χ2n) is 13.9. The average Bonchev–Trinajstić information content (AvgIpc) is 3.49. The maximum absolute atomic E-state index is 11.7. The number of oxazole rings is 1. The Morgan fingerprint density at radius 3 is 2.71 bits per heavy atom. The van der Waals surface area contributed by atoms with Crippen molar-refractivity contribution in [1.29, 1.82) is 0 Å². The minimum Gasteiger partial charge on any atom is -0.441 e. The number of benzene rings is 1. The molecular weight excluding hydrogens is 474 g/mol. The van der Waals surface area contributed by atoms with Gasteiger partial charge in [-0.1, -0.05) is 26.8 Å². The molecule has 0 aliphatic heterocycles. The SMILES string of the molecule is CC[C@]12[C@@H](OC)C[C@H]3[C@@H]([C@H](O)C[C@@H]4C[C@H](O)CC[C@@]43C)[C@@H]1CC[C@@H]2C(C)CCc1nc2ccc(C)cc2o1. The quantitative estimate of drug-likeness (QED) is 0.440. The molecule has 0 bridgehead atoms. The maximum Gasteiger partial charge on any atom is 0.195 e. The van der Waals surface area contributed by atoms with Gasteiger partial charge in [0.1, 0.15) is 5.52 Å². The smallest absolute Gasteiger partial charge is 0.195 e. The highest BCUT2D eigenvalue weighted by Crippen LogP contribution is 2.69. The van der Waals surface area contributed by atoms with Gasteiger partial charge in [0.15, 0.2) is 11.5 Å². The van der Waals surface area contributed by atoms with Gasteiger partial charge >= 0.3 is 0 Å². The molecule has 11 atom stereocenters. The van der Waals surface area contributed by atoms with E-state index >= 15 is 0 Å². The van der Waals surface area contributed by atoms with Gasteiger partial charge in [0.2, 0.25) is 0 Å². The Balaban J connectivity index is 1.25. The highest BCUT2D eigenvalue weighted by atomic mass is 16.5. The van der Waals surface area contributed by atoms with Crippen molar-refractivity contribution in [2.75, 3.05) is 7.11 Å². The van der Waals surface area contributed by atoms with E-state index < -0.39 is 0 Å². The third-order valence-electron chi connectivity index (χ3n) is 12.5. The molecule has 0 spiro atoms. The topological polar surface area (TPSA) is 75.7 Å². The van der Waals surface area contributed by atoms with Gasteiger partial charge in [0.05, 0.1) is 18.3 Å². The summed E-state index contributed by atoms with van der Waals surface area (Å²) in [5, 5.41) is 22.1. The summed E-state index contributed by atoms with van der Waals surface area (Å²) in [5.74, 6) is 3.75. The van der Waals surface area contributed by atoms with Crippen molar-refractivity contribution in [3.05, 3.63) is 29.7 Å². The van der Waals surface area contributed by atoms with E-state index in [4.69, 9.17) is 14.1 Å². The van der Waals surface area contributed by atoms with Crippen molar-refractivity contribution >= 4 is 11.1 Å². The Morgan fingerprint density at radius 2 is 1.95 bits per heavy atom. The first-order valence-corrected chi connectivity index (χ1v) is 15.5. The molecule has 4 aliphatic rings. The zero-order valence-corrected chi connectivity index (χ0v) is 24.2. The third kappa shape index (κ3) is 4.01. The van der Waals surface area contributed by atoms with Gasteiger partial charge in [-0.05, 0) is 123 Å². The summed E-state index contributed by atoms with van der Waals surface area (Å²) < 4.78 is 12.6. The summed E-state index contributed by atoms with van der Waals surface area (Å²) in [7, 11) is 1.93. The number of aliphatic hydroxyl groups excluding tert-OH is 2. The monoisotopic (exact) mass is 523 g/mol. The van der Waals surface area contributed by atoms with E-state index in [9.17, 15) is 10.2 Å². The molecule has 0 amide bonds. The van der Waals surface area contributed by atoms with Crippen LogP contribution in [0.5, 0.6) is 0 Å². The molecule has 1 aromatic carbocycles. The first-order chi connectivity index (χ1) is 18.2. The average molecular weight is 524 g/mol. The summed E-state index contributed by atoms with van der Waals surface area (Å²) in [6.45, 7) is 9.39. The summed E-state index contributed by atoms with van der Waals surface area (Å²) in [5.41, 5.74) is 3.37. The lowest BCUT2D eigenvalue weighted by atomic mass is 9.42. The number of hydrogen-bond donors (Lipinski definition) is 2. The van der Waals surface area contributed by atoms with E-state index in [1.807, 2.05) is 7.11 Å². The van der Waals surface area contributed by atoms with Crippen LogP contribution in [0.2, 0.25) is 0 Å². The maximum atomic E-state index is 11.7. The van der Waals surface area contributed by atoms with Crippen LogP contribution in [0.4, 0.5) is 0 Å². The summed E-state index contributed by atoms with van der Waals surface area (Å²) in [4.78, 5) is 4.78. The molecule has 2 N–H and O–H groups in total. The number of fused-ring (bicyclic) bond motifs is 6. The molecule has 4 fully saturated rings. The lowest BCUT2D eigenvalue weighted by Gasteiger charge is -2.64. The van der Waals surface area contributed by atoms with Gasteiger partial charge in [-0.15, -0.1) is 0 Å². The number of methoxy groups -OCH3 is 1. The molecule has 4 saturated carbocycles. The van der Waals surface area contributed by atoms with E-state index in [2.05, 4.69) is 45.9 Å². The molecule has 0 saturated heterocycles. The molecule has 38 heavy (non-hydrogen) atoms. The molecule has 2 aromatic rings. The van der Waals surface area contributed by atoms with Crippen LogP contribution in [0, 0.1) is 53.3 Å². The number of ether oxygens (including phenoxy) is 1. The zero-order chi connectivity index (χ0) is 26.8. The van der Waals surface area contributed by atoms with Crippen LogP contribution in [-0.4, -0.2) is 40.6 Å². The fourth-order valence-corrected chi connectivity index (χ4v) is 10.7. The van der Waals surface area contributed by atoms with Crippen molar-refractivity contribution in [2.45, 2.75) is 110 Å². The summed E-state index contributed by atoms with van der Waals surface area (Å²) >= 11 is 0. The van der Waals surface area contributed by atoms with Gasteiger partial charge < -0.3 is 19.4 Å². The van der Waals surface area contributed by atoms with Crippen molar-refractivity contribution < 1.29 is 19.4 Å². The van der Waals surface area contributed by atoms with E-state index in [1.165, 1.54) is 18.4 Å². The Hall–Kier alpha value is -1.43. The number of aliphatic hydroxyl groups is 2. The predicted molar refractivity (Wildman–Crippen MR) is 150 cm³/mol. The molecule has 1 heterocycles. The minimum atomic E-state index is -0.255. The van der Waals surface area contributed by atoms with Crippen LogP contribution in [0.3, 0.4) is 0 Å². The van der Waals surface area contributed by atoms with Gasteiger partial charge in [-0.25, -0.2) is 4.98 Å². The van der Waals surface area contributed by atoms with Crippen molar-refractivity contribution in [3.63, 3.8) is 0 Å². The second-order valence-corrected chi connectivity index (χ2v) is 13.9.